The number of aromatic carboxylic acids is 1. The minimum atomic E-state index is -0.972. The van der Waals surface area contributed by atoms with Crippen molar-refractivity contribution >= 4 is 40.6 Å². The highest BCUT2D eigenvalue weighted by atomic mass is 16.4. The Morgan fingerprint density at radius 1 is 0.821 bits per heavy atom. The van der Waals surface area contributed by atoms with Crippen LogP contribution in [-0.2, 0) is 4.79 Å². The van der Waals surface area contributed by atoms with E-state index in [1.165, 1.54) is 19.1 Å². The average molecular weight is 377 g/mol. The summed E-state index contributed by atoms with van der Waals surface area (Å²) in [5, 5.41) is 18.0. The topological polar surface area (TPSA) is 116 Å². The Balaban J connectivity index is 1.73. The van der Waals surface area contributed by atoms with Gasteiger partial charge in [0.2, 0.25) is 5.91 Å². The third-order valence-corrected chi connectivity index (χ3v) is 3.72. The molecule has 3 aromatic rings. The number of carbonyl (C=O) groups is 2. The summed E-state index contributed by atoms with van der Waals surface area (Å²) in [5.74, 6) is 0.654. The summed E-state index contributed by atoms with van der Waals surface area (Å²) in [7, 11) is 0. The first-order chi connectivity index (χ1) is 13.4. The lowest BCUT2D eigenvalue weighted by Crippen LogP contribution is -2.05. The van der Waals surface area contributed by atoms with Crippen LogP contribution in [-0.4, -0.2) is 27.0 Å². The van der Waals surface area contributed by atoms with Gasteiger partial charge in [0, 0.05) is 30.1 Å². The highest BCUT2D eigenvalue weighted by molar-refractivity contribution is 5.89. The van der Waals surface area contributed by atoms with E-state index in [1.807, 2.05) is 12.1 Å². The monoisotopic (exact) mass is 377 g/mol. The van der Waals surface area contributed by atoms with Crippen LogP contribution in [0.15, 0.2) is 54.6 Å². The van der Waals surface area contributed by atoms with E-state index in [0.717, 1.165) is 5.69 Å². The van der Waals surface area contributed by atoms with Crippen LogP contribution in [0.1, 0.15) is 23.1 Å². The number of aromatic nitrogens is 2. The van der Waals surface area contributed by atoms with Crippen molar-refractivity contribution in [2.75, 3.05) is 16.0 Å². The van der Waals surface area contributed by atoms with E-state index in [4.69, 9.17) is 5.11 Å². The molecule has 0 fully saturated rings. The van der Waals surface area contributed by atoms with Crippen molar-refractivity contribution in [1.82, 2.24) is 9.97 Å². The number of benzene rings is 2. The number of anilines is 5. The predicted molar refractivity (Wildman–Crippen MR) is 107 cm³/mol. The molecule has 0 spiro atoms. The van der Waals surface area contributed by atoms with E-state index in [0.29, 0.717) is 28.8 Å². The third kappa shape index (κ3) is 5.04. The van der Waals surface area contributed by atoms with Crippen molar-refractivity contribution in [3.05, 3.63) is 66.0 Å². The fourth-order valence-electron chi connectivity index (χ4n) is 2.53. The van der Waals surface area contributed by atoms with Crippen LogP contribution >= 0.6 is 0 Å². The molecule has 0 unspecified atom stereocenters. The number of carboxylic acids is 1. The molecule has 0 atom stereocenters. The fourth-order valence-corrected chi connectivity index (χ4v) is 2.53. The van der Waals surface area contributed by atoms with Crippen LogP contribution in [0.5, 0.6) is 0 Å². The zero-order chi connectivity index (χ0) is 20.1. The maximum absolute atomic E-state index is 11.1. The molecule has 1 aromatic heterocycles. The zero-order valence-corrected chi connectivity index (χ0v) is 15.4. The molecule has 1 heterocycles. The lowest BCUT2D eigenvalue weighted by atomic mass is 10.2. The molecule has 8 heteroatoms. The SMILES string of the molecule is CC(=O)Nc1ccc(Nc2cc(Nc3ccc(C(=O)O)cc3)nc(C)n2)cc1. The first kappa shape index (κ1) is 18.8. The van der Waals surface area contributed by atoms with Gasteiger partial charge in [-0.1, -0.05) is 0 Å². The third-order valence-electron chi connectivity index (χ3n) is 3.72. The molecule has 0 radical (unpaired) electrons. The fraction of sp³-hybridized carbons (Fsp3) is 0.100. The predicted octanol–water partition coefficient (Wildman–Crippen LogP) is 3.93. The van der Waals surface area contributed by atoms with Crippen molar-refractivity contribution in [3.8, 4) is 0 Å². The molecule has 1 amide bonds. The number of nitrogens with zero attached hydrogens (tertiary/aromatic N) is 2. The second kappa shape index (κ2) is 8.17. The van der Waals surface area contributed by atoms with Gasteiger partial charge in [0.25, 0.3) is 0 Å². The average Bonchev–Trinajstić information content (AvgIpc) is 2.63. The van der Waals surface area contributed by atoms with Crippen LogP contribution < -0.4 is 16.0 Å². The second-order valence-electron chi connectivity index (χ2n) is 6.08. The maximum Gasteiger partial charge on any atom is 0.335 e. The number of amides is 1. The summed E-state index contributed by atoms with van der Waals surface area (Å²) in [6.45, 7) is 3.24. The van der Waals surface area contributed by atoms with Gasteiger partial charge in [0.05, 0.1) is 5.56 Å². The van der Waals surface area contributed by atoms with Gasteiger partial charge in [-0.15, -0.1) is 0 Å². The summed E-state index contributed by atoms with van der Waals surface area (Å²) in [6, 6.07) is 15.4. The molecule has 8 nitrogen and oxygen atoms in total. The number of carbonyl (C=O) groups excluding carboxylic acids is 1. The van der Waals surface area contributed by atoms with Gasteiger partial charge < -0.3 is 21.1 Å². The van der Waals surface area contributed by atoms with E-state index < -0.39 is 5.97 Å². The van der Waals surface area contributed by atoms with Crippen LogP contribution in [0.4, 0.5) is 28.7 Å². The Bertz CT molecular complexity index is 1000. The van der Waals surface area contributed by atoms with E-state index in [-0.39, 0.29) is 11.5 Å². The first-order valence-corrected chi connectivity index (χ1v) is 8.50. The number of hydrogen-bond donors (Lipinski definition) is 4. The molecule has 0 saturated heterocycles. The highest BCUT2D eigenvalue weighted by Gasteiger charge is 2.06. The minimum Gasteiger partial charge on any atom is -0.478 e. The number of rotatable bonds is 6. The Morgan fingerprint density at radius 3 is 1.75 bits per heavy atom. The molecule has 2 aromatic carbocycles. The standard InChI is InChI=1S/C20H19N5O3/c1-12-21-18(24-16-5-3-14(4-6-16)20(27)28)11-19(22-12)25-17-9-7-15(8-10-17)23-13(2)26/h3-11H,1-2H3,(H,23,26)(H,27,28)(H2,21,22,24,25). The molecular formula is C20H19N5O3. The Morgan fingerprint density at radius 2 is 1.29 bits per heavy atom. The van der Waals surface area contributed by atoms with Crippen LogP contribution in [0, 0.1) is 6.92 Å². The van der Waals surface area contributed by atoms with E-state index in [9.17, 15) is 9.59 Å². The zero-order valence-electron chi connectivity index (χ0n) is 15.4. The molecule has 0 bridgehead atoms. The normalized spacial score (nSPS) is 10.2. The van der Waals surface area contributed by atoms with Crippen molar-refractivity contribution in [2.45, 2.75) is 13.8 Å². The van der Waals surface area contributed by atoms with Crippen LogP contribution in [0.25, 0.3) is 0 Å². The summed E-state index contributed by atoms with van der Waals surface area (Å²) >= 11 is 0. The first-order valence-electron chi connectivity index (χ1n) is 8.50. The molecule has 0 aliphatic rings. The van der Waals surface area contributed by atoms with Gasteiger partial charge >= 0.3 is 5.97 Å². The van der Waals surface area contributed by atoms with Gasteiger partial charge in [-0.25, -0.2) is 14.8 Å². The smallest absolute Gasteiger partial charge is 0.335 e. The largest absolute Gasteiger partial charge is 0.478 e. The lowest BCUT2D eigenvalue weighted by molar-refractivity contribution is -0.114. The molecule has 0 saturated carbocycles. The number of nitrogens with one attached hydrogen (secondary N) is 3. The van der Waals surface area contributed by atoms with Gasteiger partial charge in [-0.05, 0) is 55.5 Å². The molecule has 28 heavy (non-hydrogen) atoms. The van der Waals surface area contributed by atoms with E-state index in [2.05, 4.69) is 25.9 Å². The quantitative estimate of drug-likeness (QED) is 0.514. The molecule has 0 aliphatic heterocycles. The number of aryl methyl sites for hydroxylation is 1. The van der Waals surface area contributed by atoms with E-state index >= 15 is 0 Å². The summed E-state index contributed by atoms with van der Waals surface area (Å²) < 4.78 is 0. The maximum atomic E-state index is 11.1. The number of hydrogen-bond acceptors (Lipinski definition) is 6. The van der Waals surface area contributed by atoms with Gasteiger partial charge in [0.15, 0.2) is 0 Å². The van der Waals surface area contributed by atoms with Gasteiger partial charge in [-0.2, -0.15) is 0 Å². The molecule has 3 rings (SSSR count). The van der Waals surface area contributed by atoms with Crippen LogP contribution in [0.2, 0.25) is 0 Å². The molecule has 4 N–H and O–H groups in total. The summed E-state index contributed by atoms with van der Waals surface area (Å²) in [6.07, 6.45) is 0. The number of carboxylic acid groups (broad SMARTS) is 1. The molecule has 142 valence electrons. The minimum absolute atomic E-state index is 0.126. The van der Waals surface area contributed by atoms with Crippen molar-refractivity contribution in [3.63, 3.8) is 0 Å². The van der Waals surface area contributed by atoms with Crippen molar-refractivity contribution < 1.29 is 14.7 Å². The Hall–Kier alpha value is -3.94. The summed E-state index contributed by atoms with van der Waals surface area (Å²) in [4.78, 5) is 30.7. The Labute approximate surface area is 161 Å². The lowest BCUT2D eigenvalue weighted by Gasteiger charge is -2.11. The van der Waals surface area contributed by atoms with Crippen molar-refractivity contribution in [2.24, 2.45) is 0 Å². The van der Waals surface area contributed by atoms with E-state index in [1.54, 1.807) is 37.3 Å². The summed E-state index contributed by atoms with van der Waals surface area (Å²) in [5.41, 5.74) is 2.45. The van der Waals surface area contributed by atoms with Crippen molar-refractivity contribution in [1.29, 1.82) is 0 Å². The molecule has 0 aliphatic carbocycles. The van der Waals surface area contributed by atoms with Gasteiger partial charge in [0.1, 0.15) is 17.5 Å². The van der Waals surface area contributed by atoms with Crippen LogP contribution in [0.3, 0.4) is 0 Å². The van der Waals surface area contributed by atoms with Gasteiger partial charge in [-0.3, -0.25) is 4.79 Å². The Kier molecular flexibility index (Phi) is 5.50. The molecular weight excluding hydrogens is 358 g/mol. The second-order valence-corrected chi connectivity index (χ2v) is 6.08. The highest BCUT2D eigenvalue weighted by Crippen LogP contribution is 2.22.